The lowest BCUT2D eigenvalue weighted by Gasteiger charge is -2.67. The highest BCUT2D eigenvalue weighted by Gasteiger charge is 2.78. The molecule has 1 amide bonds. The molecule has 0 aromatic heterocycles. The van der Waals surface area contributed by atoms with Crippen LogP contribution in [0.3, 0.4) is 0 Å². The van der Waals surface area contributed by atoms with Gasteiger partial charge in [-0.25, -0.2) is 9.59 Å². The minimum atomic E-state index is -2.42. The number of aliphatic hydroxyl groups is 3. The lowest BCUT2D eigenvalue weighted by atomic mass is 9.44. The lowest BCUT2D eigenvalue weighted by Crippen LogP contribution is -2.82. The molecule has 0 spiro atoms. The number of ether oxygens (including phenoxy) is 7. The van der Waals surface area contributed by atoms with Gasteiger partial charge in [0, 0.05) is 37.7 Å². The average molecular weight is 898 g/mol. The molecule has 2 saturated carbocycles. The standard InChI is InChI=1S/C48H51NO16/c1-24-32(63-44(57)37(53)36(49-42(55)27-13-9-7-10-14-27)29-17-18-30-31(19-29)61-23-60-30)21-48(58)41(64-43(56)28-15-11-8-12-16-28)39-46(6,33(52)20-34-47(39,22-59-34)65-26(3)51)40(54)38(62-25(2)50)35(24)45(48,4)5/h7-19,32-34,36-39,41,52-53,58H,20-23H2,1-6H3,(H,49,55)/t32-,33-,34+,36-,37+,38+,39?,41?,46+,47-,48+/m0/s1. The summed E-state index contributed by atoms with van der Waals surface area (Å²) < 4.78 is 41.3. The summed E-state index contributed by atoms with van der Waals surface area (Å²) in [4.78, 5) is 84.0. The summed E-state index contributed by atoms with van der Waals surface area (Å²) in [6.45, 7) is 7.83. The van der Waals surface area contributed by atoms with E-state index in [0.717, 1.165) is 13.8 Å². The van der Waals surface area contributed by atoms with Crippen LogP contribution in [0.1, 0.15) is 86.7 Å². The van der Waals surface area contributed by atoms with Gasteiger partial charge in [-0.2, -0.15) is 0 Å². The van der Waals surface area contributed by atoms with Crippen LogP contribution in [-0.2, 0) is 42.9 Å². The monoisotopic (exact) mass is 897 g/mol. The second-order valence-corrected chi connectivity index (χ2v) is 18.1. The van der Waals surface area contributed by atoms with Crippen molar-refractivity contribution in [2.24, 2.45) is 16.7 Å². The van der Waals surface area contributed by atoms with Gasteiger partial charge in [-0.05, 0) is 67.0 Å². The molecule has 1 saturated heterocycles. The van der Waals surface area contributed by atoms with Crippen molar-refractivity contribution in [3.63, 3.8) is 0 Å². The molecule has 2 unspecified atom stereocenters. The number of rotatable bonds is 10. The van der Waals surface area contributed by atoms with Gasteiger partial charge in [0.1, 0.15) is 23.9 Å². The second kappa shape index (κ2) is 16.7. The summed E-state index contributed by atoms with van der Waals surface area (Å²) in [5.41, 5.74) is -7.33. The van der Waals surface area contributed by atoms with E-state index in [0.29, 0.717) is 11.5 Å². The fourth-order valence-corrected chi connectivity index (χ4v) is 10.6. The molecule has 3 fully saturated rings. The Bertz CT molecular complexity index is 2450. The van der Waals surface area contributed by atoms with Gasteiger partial charge in [0.25, 0.3) is 5.91 Å². The zero-order valence-electron chi connectivity index (χ0n) is 36.6. The zero-order valence-corrected chi connectivity index (χ0v) is 36.6. The molecule has 2 aliphatic heterocycles. The molecular formula is C48H51NO16. The van der Waals surface area contributed by atoms with Crippen molar-refractivity contribution in [3.8, 4) is 11.5 Å². The number of benzene rings is 3. The van der Waals surface area contributed by atoms with Crippen LogP contribution in [0.2, 0.25) is 0 Å². The SMILES string of the molecule is CC(=O)O[C@H]1C(=O)[C@@]2(C)C(C(OC(=O)c3ccccc3)[C@]3(O)C[C@H](OC(=O)[C@H](O)[C@@H](NC(=O)c4ccccc4)c4ccc5c(c4)OCO5)C(C)=C1C3(C)C)[C@]1(OC(C)=O)CO[C@@H]1C[C@@H]2O. The number of ketones is 1. The maximum Gasteiger partial charge on any atom is 0.338 e. The van der Waals surface area contributed by atoms with Crippen LogP contribution in [0.5, 0.6) is 11.5 Å². The fraction of sp³-hybridized carbons (Fsp3) is 0.458. The maximum atomic E-state index is 15.5. The Kier molecular flexibility index (Phi) is 11.7. The van der Waals surface area contributed by atoms with Crippen LogP contribution in [0.25, 0.3) is 0 Å². The Morgan fingerprint density at radius 1 is 0.846 bits per heavy atom. The van der Waals surface area contributed by atoms with Crippen molar-refractivity contribution >= 4 is 35.6 Å². The van der Waals surface area contributed by atoms with Gasteiger partial charge in [-0.3, -0.25) is 19.2 Å². The minimum Gasteiger partial charge on any atom is -0.456 e. The molecule has 344 valence electrons. The number of amides is 1. The number of hydrogen-bond acceptors (Lipinski definition) is 16. The first-order valence-electron chi connectivity index (χ1n) is 21.3. The second-order valence-electron chi connectivity index (χ2n) is 18.1. The highest BCUT2D eigenvalue weighted by Crippen LogP contribution is 2.64. The molecule has 17 nitrogen and oxygen atoms in total. The number of Topliss-reactive ketones (excluding diaryl/α,β-unsaturated/α-hetero) is 1. The van der Waals surface area contributed by atoms with E-state index in [-0.39, 0.29) is 47.7 Å². The summed E-state index contributed by atoms with van der Waals surface area (Å²) in [7, 11) is 0. The number of hydrogen-bond donors (Lipinski definition) is 4. The van der Waals surface area contributed by atoms with Gasteiger partial charge >= 0.3 is 23.9 Å². The van der Waals surface area contributed by atoms with Gasteiger partial charge in [0.2, 0.25) is 6.79 Å². The van der Waals surface area contributed by atoms with Crippen LogP contribution in [0, 0.1) is 16.7 Å². The third kappa shape index (κ3) is 7.43. The van der Waals surface area contributed by atoms with Crippen molar-refractivity contribution in [3.05, 3.63) is 107 Å². The predicted molar refractivity (Wildman–Crippen MR) is 224 cm³/mol. The Hall–Kier alpha value is -6.14. The quantitative estimate of drug-likeness (QED) is 0.129. The largest absolute Gasteiger partial charge is 0.456 e. The molecule has 3 aromatic carbocycles. The van der Waals surface area contributed by atoms with E-state index in [2.05, 4.69) is 5.32 Å². The summed E-state index contributed by atoms with van der Waals surface area (Å²) in [6.07, 6.45) is -10.8. The highest BCUT2D eigenvalue weighted by atomic mass is 16.7. The Labute approximate surface area is 373 Å². The van der Waals surface area contributed by atoms with Gasteiger partial charge in [-0.1, -0.05) is 56.3 Å². The van der Waals surface area contributed by atoms with Crippen LogP contribution in [0.15, 0.2) is 90.0 Å². The van der Waals surface area contributed by atoms with E-state index in [9.17, 15) is 39.3 Å². The summed E-state index contributed by atoms with van der Waals surface area (Å²) >= 11 is 0. The molecule has 5 aliphatic rings. The van der Waals surface area contributed by atoms with Crippen LogP contribution in [0.4, 0.5) is 0 Å². The van der Waals surface area contributed by atoms with E-state index < -0.39 is 113 Å². The average Bonchev–Trinajstić information content (AvgIpc) is 3.75. The molecule has 4 N–H and O–H groups in total. The lowest BCUT2D eigenvalue weighted by molar-refractivity contribution is -0.346. The summed E-state index contributed by atoms with van der Waals surface area (Å²) in [5.74, 6) is -6.32. The van der Waals surface area contributed by atoms with Crippen molar-refractivity contribution in [1.82, 2.24) is 5.32 Å². The molecule has 11 atom stereocenters. The first kappa shape index (κ1) is 45.4. The molecule has 8 rings (SSSR count). The Balaban J connectivity index is 1.27. The number of carbonyl (C=O) groups excluding carboxylic acids is 6. The molecule has 17 heteroatoms. The number of aliphatic hydroxyl groups excluding tert-OH is 2. The Morgan fingerprint density at radius 3 is 2.11 bits per heavy atom. The molecule has 0 radical (unpaired) electrons. The van der Waals surface area contributed by atoms with Gasteiger partial charge in [0.05, 0.1) is 35.6 Å². The number of esters is 4. The van der Waals surface area contributed by atoms with Gasteiger partial charge < -0.3 is 53.8 Å². The first-order chi connectivity index (χ1) is 30.7. The van der Waals surface area contributed by atoms with E-state index in [1.165, 1.54) is 38.1 Å². The van der Waals surface area contributed by atoms with Gasteiger partial charge in [-0.15, -0.1) is 0 Å². The fourth-order valence-electron chi connectivity index (χ4n) is 10.6. The molecule has 3 aliphatic carbocycles. The molecule has 3 aromatic rings. The van der Waals surface area contributed by atoms with E-state index in [4.69, 9.17) is 33.2 Å². The van der Waals surface area contributed by atoms with Crippen LogP contribution in [-0.4, -0.2) is 112 Å². The third-order valence-corrected chi connectivity index (χ3v) is 14.1. The zero-order chi connectivity index (χ0) is 46.8. The van der Waals surface area contributed by atoms with Crippen molar-refractivity contribution < 1.29 is 77.2 Å². The Morgan fingerprint density at radius 2 is 1.49 bits per heavy atom. The first-order valence-corrected chi connectivity index (χ1v) is 21.3. The van der Waals surface area contributed by atoms with E-state index in [1.807, 2.05) is 0 Å². The summed E-state index contributed by atoms with van der Waals surface area (Å²) in [6, 6.07) is 19.0. The van der Waals surface area contributed by atoms with Crippen molar-refractivity contribution in [1.29, 1.82) is 0 Å². The maximum absolute atomic E-state index is 15.5. The topological polar surface area (TPSA) is 240 Å². The number of nitrogens with one attached hydrogen (secondary N) is 1. The predicted octanol–water partition coefficient (Wildman–Crippen LogP) is 3.46. The van der Waals surface area contributed by atoms with Crippen LogP contribution < -0.4 is 14.8 Å². The van der Waals surface area contributed by atoms with E-state index >= 15 is 4.79 Å². The summed E-state index contributed by atoms with van der Waals surface area (Å²) in [5, 5.41) is 40.5. The third-order valence-electron chi connectivity index (χ3n) is 14.1. The normalized spacial score (nSPS) is 31.6. The van der Waals surface area contributed by atoms with Gasteiger partial charge in [0.15, 0.2) is 35.1 Å². The van der Waals surface area contributed by atoms with Crippen molar-refractivity contribution in [2.75, 3.05) is 13.4 Å². The molecule has 2 heterocycles. The number of carbonyl (C=O) groups is 6. The smallest absolute Gasteiger partial charge is 0.338 e. The number of fused-ring (bicyclic) bond motifs is 6. The molecule has 2 bridgehead atoms. The van der Waals surface area contributed by atoms with Crippen molar-refractivity contribution in [2.45, 2.75) is 108 Å². The minimum absolute atomic E-state index is 0.0235. The highest BCUT2D eigenvalue weighted by molar-refractivity contribution is 5.96. The molecule has 65 heavy (non-hydrogen) atoms. The van der Waals surface area contributed by atoms with Crippen LogP contribution >= 0.6 is 0 Å². The molecular weight excluding hydrogens is 847 g/mol. The van der Waals surface area contributed by atoms with E-state index in [1.54, 1.807) is 68.4 Å².